The van der Waals surface area contributed by atoms with E-state index in [4.69, 9.17) is 9.47 Å². The third-order valence-electron chi connectivity index (χ3n) is 4.85. The monoisotopic (exact) mass is 382 g/mol. The van der Waals surface area contributed by atoms with Crippen LogP contribution >= 0.6 is 0 Å². The van der Waals surface area contributed by atoms with Gasteiger partial charge in [0.25, 0.3) is 0 Å². The van der Waals surface area contributed by atoms with Gasteiger partial charge in [0, 0.05) is 5.92 Å². The topological polar surface area (TPSA) is 52.6 Å². The van der Waals surface area contributed by atoms with Crippen LogP contribution in [0, 0.1) is 5.92 Å². The van der Waals surface area contributed by atoms with Crippen molar-refractivity contribution in [2.45, 2.75) is 58.7 Å². The first-order chi connectivity index (χ1) is 13.6. The summed E-state index contributed by atoms with van der Waals surface area (Å²) in [4.78, 5) is 25.0. The molecule has 2 rings (SSSR count). The van der Waals surface area contributed by atoms with E-state index in [1.807, 2.05) is 43.3 Å². The fourth-order valence-corrected chi connectivity index (χ4v) is 3.38. The minimum absolute atomic E-state index is 0.0507. The van der Waals surface area contributed by atoms with Gasteiger partial charge in [-0.05, 0) is 44.0 Å². The zero-order valence-corrected chi connectivity index (χ0v) is 17.0. The molecule has 0 radical (unpaired) electrons. The molecule has 0 aliphatic heterocycles. The van der Waals surface area contributed by atoms with Crippen LogP contribution in [0.3, 0.4) is 0 Å². The Bertz CT molecular complexity index is 727. The molecule has 28 heavy (non-hydrogen) atoms. The summed E-state index contributed by atoms with van der Waals surface area (Å²) in [5.41, 5.74) is 1.06. The fourth-order valence-electron chi connectivity index (χ4n) is 3.38. The van der Waals surface area contributed by atoms with Crippen molar-refractivity contribution in [2.24, 2.45) is 5.92 Å². The molecule has 0 aromatic heterocycles. The van der Waals surface area contributed by atoms with Gasteiger partial charge in [0.05, 0.1) is 11.1 Å². The van der Waals surface area contributed by atoms with Crippen molar-refractivity contribution in [3.63, 3.8) is 0 Å². The van der Waals surface area contributed by atoms with Crippen LogP contribution in [0.15, 0.2) is 60.7 Å². The lowest BCUT2D eigenvalue weighted by atomic mass is 9.89. The number of rotatable bonds is 10. The maximum atomic E-state index is 12.6. The number of carbonyl (C=O) groups is 2. The van der Waals surface area contributed by atoms with E-state index < -0.39 is 0 Å². The fraction of sp³-hybridized carbons (Fsp3) is 0.417. The summed E-state index contributed by atoms with van der Waals surface area (Å²) >= 11 is 0. The van der Waals surface area contributed by atoms with Gasteiger partial charge in [0.15, 0.2) is 0 Å². The zero-order valence-electron chi connectivity index (χ0n) is 17.0. The lowest BCUT2D eigenvalue weighted by molar-refractivity contribution is -0.0328. The molecule has 0 N–H and O–H groups in total. The van der Waals surface area contributed by atoms with Gasteiger partial charge in [0.1, 0.15) is 12.2 Å². The second-order valence-electron chi connectivity index (χ2n) is 7.03. The highest BCUT2D eigenvalue weighted by molar-refractivity contribution is 5.90. The molecule has 0 saturated heterocycles. The van der Waals surface area contributed by atoms with E-state index in [1.54, 1.807) is 24.3 Å². The van der Waals surface area contributed by atoms with Crippen molar-refractivity contribution in [2.75, 3.05) is 0 Å². The number of hydrogen-bond donors (Lipinski definition) is 0. The van der Waals surface area contributed by atoms with Crippen molar-refractivity contribution in [3.8, 4) is 0 Å². The summed E-state index contributed by atoms with van der Waals surface area (Å²) in [6.45, 7) is 6.04. The predicted molar refractivity (Wildman–Crippen MR) is 110 cm³/mol. The van der Waals surface area contributed by atoms with Crippen LogP contribution in [0.25, 0.3) is 0 Å². The summed E-state index contributed by atoms with van der Waals surface area (Å²) in [6.07, 6.45) is 2.70. The number of esters is 2. The van der Waals surface area contributed by atoms with E-state index in [-0.39, 0.29) is 30.1 Å². The molecule has 0 aliphatic rings. The summed E-state index contributed by atoms with van der Waals surface area (Å²) in [5.74, 6) is -0.731. The van der Waals surface area contributed by atoms with Crippen LogP contribution in [0.2, 0.25) is 0 Å². The van der Waals surface area contributed by atoms with Gasteiger partial charge in [-0.25, -0.2) is 9.59 Å². The van der Waals surface area contributed by atoms with E-state index in [0.717, 1.165) is 25.7 Å². The quantitative estimate of drug-likeness (QED) is 0.497. The Labute approximate surface area is 167 Å². The highest BCUT2D eigenvalue weighted by Crippen LogP contribution is 2.26. The minimum Gasteiger partial charge on any atom is -0.459 e. The second-order valence-corrected chi connectivity index (χ2v) is 7.03. The van der Waals surface area contributed by atoms with Crippen LogP contribution in [0.1, 0.15) is 67.2 Å². The molecule has 0 heterocycles. The third-order valence-corrected chi connectivity index (χ3v) is 4.85. The number of benzene rings is 2. The number of ether oxygens (including phenoxy) is 2. The van der Waals surface area contributed by atoms with Gasteiger partial charge in [0.2, 0.25) is 0 Å². The average Bonchev–Trinajstić information content (AvgIpc) is 2.72. The molecule has 0 saturated carbocycles. The molecule has 2 aromatic rings. The van der Waals surface area contributed by atoms with E-state index in [2.05, 4.69) is 13.8 Å². The molecular formula is C24H30O4. The summed E-state index contributed by atoms with van der Waals surface area (Å²) in [7, 11) is 0. The molecule has 3 unspecified atom stereocenters. The number of carbonyl (C=O) groups excluding carboxylic acids is 2. The molecule has 4 heteroatoms. The van der Waals surface area contributed by atoms with Gasteiger partial charge in [-0.3, -0.25) is 0 Å². The van der Waals surface area contributed by atoms with Crippen molar-refractivity contribution < 1.29 is 19.1 Å². The first kappa shape index (κ1) is 21.7. The summed E-state index contributed by atoms with van der Waals surface area (Å²) in [5, 5.41) is 0. The standard InChI is InChI=1S/C24H30O4/c1-4-12-21(18(3)27-23(25)19-14-8-6-9-15-19)22(13-5-2)28-24(26)20-16-10-7-11-17-20/h6-11,14-18,21-22H,4-5,12-13H2,1-3H3. The summed E-state index contributed by atoms with van der Waals surface area (Å²) in [6, 6.07) is 18.0. The largest absolute Gasteiger partial charge is 0.459 e. The molecule has 0 fully saturated rings. The van der Waals surface area contributed by atoms with Crippen molar-refractivity contribution in [1.82, 2.24) is 0 Å². The van der Waals surface area contributed by atoms with Crippen LogP contribution in [-0.2, 0) is 9.47 Å². The molecule has 0 amide bonds. The average molecular weight is 383 g/mol. The second kappa shape index (κ2) is 11.3. The lowest BCUT2D eigenvalue weighted by Gasteiger charge is -2.31. The smallest absolute Gasteiger partial charge is 0.338 e. The van der Waals surface area contributed by atoms with Gasteiger partial charge >= 0.3 is 11.9 Å². The molecule has 0 spiro atoms. The Balaban J connectivity index is 2.12. The molecule has 2 aromatic carbocycles. The van der Waals surface area contributed by atoms with E-state index in [0.29, 0.717) is 11.1 Å². The first-order valence-corrected chi connectivity index (χ1v) is 10.1. The molecule has 150 valence electrons. The first-order valence-electron chi connectivity index (χ1n) is 10.1. The highest BCUT2D eigenvalue weighted by Gasteiger charge is 2.31. The maximum Gasteiger partial charge on any atom is 0.338 e. The lowest BCUT2D eigenvalue weighted by Crippen LogP contribution is -2.36. The Morgan fingerprint density at radius 3 is 1.68 bits per heavy atom. The van der Waals surface area contributed by atoms with E-state index >= 15 is 0 Å². The zero-order chi connectivity index (χ0) is 20.4. The van der Waals surface area contributed by atoms with Crippen LogP contribution in [-0.4, -0.2) is 24.1 Å². The Morgan fingerprint density at radius 1 is 0.750 bits per heavy atom. The maximum absolute atomic E-state index is 12.6. The SMILES string of the molecule is CCCC(OC(=O)c1ccccc1)C(CCC)C(C)OC(=O)c1ccccc1. The van der Waals surface area contributed by atoms with Crippen LogP contribution in [0.4, 0.5) is 0 Å². The van der Waals surface area contributed by atoms with Gasteiger partial charge in [-0.1, -0.05) is 63.1 Å². The van der Waals surface area contributed by atoms with Crippen LogP contribution in [0.5, 0.6) is 0 Å². The predicted octanol–water partition coefficient (Wildman–Crippen LogP) is 5.67. The van der Waals surface area contributed by atoms with Crippen LogP contribution < -0.4 is 0 Å². The van der Waals surface area contributed by atoms with E-state index in [9.17, 15) is 9.59 Å². The van der Waals surface area contributed by atoms with E-state index in [1.165, 1.54) is 0 Å². The van der Waals surface area contributed by atoms with Gasteiger partial charge in [-0.2, -0.15) is 0 Å². The van der Waals surface area contributed by atoms with Crippen molar-refractivity contribution >= 4 is 11.9 Å². The minimum atomic E-state index is -0.354. The molecule has 0 bridgehead atoms. The van der Waals surface area contributed by atoms with Gasteiger partial charge < -0.3 is 9.47 Å². The van der Waals surface area contributed by atoms with Crippen molar-refractivity contribution in [3.05, 3.63) is 71.8 Å². The Hall–Kier alpha value is -2.62. The number of hydrogen-bond acceptors (Lipinski definition) is 4. The summed E-state index contributed by atoms with van der Waals surface area (Å²) < 4.78 is 11.6. The molecular weight excluding hydrogens is 352 g/mol. The Kier molecular flexibility index (Phi) is 8.73. The normalized spacial score (nSPS) is 14.0. The van der Waals surface area contributed by atoms with Gasteiger partial charge in [-0.15, -0.1) is 0 Å². The molecule has 0 aliphatic carbocycles. The Morgan fingerprint density at radius 2 is 1.21 bits per heavy atom. The highest BCUT2D eigenvalue weighted by atomic mass is 16.6. The molecule has 4 nitrogen and oxygen atoms in total. The molecule has 3 atom stereocenters. The third kappa shape index (κ3) is 6.22. The van der Waals surface area contributed by atoms with Crippen molar-refractivity contribution in [1.29, 1.82) is 0 Å².